The summed E-state index contributed by atoms with van der Waals surface area (Å²) >= 11 is 0. The molecule has 1 aromatic carbocycles. The van der Waals surface area contributed by atoms with Crippen molar-refractivity contribution in [2.24, 2.45) is 5.73 Å². The minimum atomic E-state index is -0.272. The van der Waals surface area contributed by atoms with Gasteiger partial charge in [-0.3, -0.25) is 0 Å². The van der Waals surface area contributed by atoms with Gasteiger partial charge in [-0.25, -0.2) is 4.39 Å². The van der Waals surface area contributed by atoms with Crippen molar-refractivity contribution >= 4 is 0 Å². The van der Waals surface area contributed by atoms with Crippen LogP contribution < -0.4 is 10.5 Å². The number of hydrogen-bond donors (Lipinski definition) is 1. The maximum absolute atomic E-state index is 13.5. The first-order valence-electron chi connectivity index (χ1n) is 4.64. The topological polar surface area (TPSA) is 35.2 Å². The number of nitrogens with two attached hydrogens (primary N) is 1. The molecule has 0 aliphatic heterocycles. The molecular weight excluding hydrogens is 181 g/mol. The lowest BCUT2D eigenvalue weighted by Gasteiger charge is -2.12. The molecule has 0 unspecified atom stereocenters. The summed E-state index contributed by atoms with van der Waals surface area (Å²) < 4.78 is 18.6. The molecule has 1 rings (SSSR count). The van der Waals surface area contributed by atoms with Gasteiger partial charge >= 0.3 is 0 Å². The van der Waals surface area contributed by atoms with Gasteiger partial charge in [-0.05, 0) is 43.5 Å². The van der Waals surface area contributed by atoms with E-state index in [2.05, 4.69) is 0 Å². The lowest BCUT2D eigenvalue weighted by atomic mass is 10.0. The van der Waals surface area contributed by atoms with Crippen LogP contribution in [0.3, 0.4) is 0 Å². The minimum Gasteiger partial charge on any atom is -0.493 e. The van der Waals surface area contributed by atoms with E-state index in [9.17, 15) is 4.39 Å². The second kappa shape index (κ2) is 4.42. The van der Waals surface area contributed by atoms with Crippen molar-refractivity contribution in [3.05, 3.63) is 28.6 Å². The molecule has 3 heteroatoms. The van der Waals surface area contributed by atoms with E-state index >= 15 is 0 Å². The second-order valence-electron chi connectivity index (χ2n) is 3.36. The molecule has 0 aliphatic rings. The zero-order valence-corrected chi connectivity index (χ0v) is 8.86. The molecule has 0 amide bonds. The summed E-state index contributed by atoms with van der Waals surface area (Å²) in [6.07, 6.45) is 0.753. The predicted octanol–water partition coefficient (Wildman–Crippen LogP) is 1.95. The molecular formula is C11H16FNO. The monoisotopic (exact) mass is 197 g/mol. The predicted molar refractivity (Wildman–Crippen MR) is 55.2 cm³/mol. The number of ether oxygens (including phenoxy) is 1. The standard InChI is InChI=1S/C11H16FNO/c1-7-6-9(4-5-13)8(2)11(14-3)10(7)12/h6H,4-5,13H2,1-3H3. The molecule has 0 spiro atoms. The Morgan fingerprint density at radius 3 is 2.57 bits per heavy atom. The van der Waals surface area contributed by atoms with Crippen molar-refractivity contribution in [2.75, 3.05) is 13.7 Å². The van der Waals surface area contributed by atoms with Gasteiger partial charge < -0.3 is 10.5 Å². The molecule has 2 N–H and O–H groups in total. The third-order valence-corrected chi connectivity index (χ3v) is 2.38. The number of benzene rings is 1. The largest absolute Gasteiger partial charge is 0.493 e. The van der Waals surface area contributed by atoms with Gasteiger partial charge in [0.2, 0.25) is 0 Å². The Balaban J connectivity index is 3.27. The van der Waals surface area contributed by atoms with Crippen LogP contribution in [0.5, 0.6) is 5.75 Å². The molecule has 0 saturated heterocycles. The van der Waals surface area contributed by atoms with Crippen molar-refractivity contribution in [1.29, 1.82) is 0 Å². The molecule has 0 atom stereocenters. The molecule has 0 aromatic heterocycles. The van der Waals surface area contributed by atoms with Crippen LogP contribution in [0.25, 0.3) is 0 Å². The van der Waals surface area contributed by atoms with Crippen molar-refractivity contribution in [3.63, 3.8) is 0 Å². The van der Waals surface area contributed by atoms with Crippen LogP contribution in [0.15, 0.2) is 6.07 Å². The van der Waals surface area contributed by atoms with E-state index in [-0.39, 0.29) is 5.82 Å². The Labute approximate surface area is 83.9 Å². The maximum Gasteiger partial charge on any atom is 0.168 e. The molecule has 0 saturated carbocycles. The van der Waals surface area contributed by atoms with E-state index < -0.39 is 0 Å². The van der Waals surface area contributed by atoms with Crippen LogP contribution in [0, 0.1) is 19.7 Å². The highest BCUT2D eigenvalue weighted by Gasteiger charge is 2.12. The Kier molecular flexibility index (Phi) is 3.47. The fourth-order valence-electron chi connectivity index (χ4n) is 1.58. The molecule has 0 heterocycles. The Bertz CT molecular complexity index is 337. The van der Waals surface area contributed by atoms with Crippen molar-refractivity contribution in [1.82, 2.24) is 0 Å². The number of halogens is 1. The van der Waals surface area contributed by atoms with Crippen LogP contribution in [-0.2, 0) is 6.42 Å². The quantitative estimate of drug-likeness (QED) is 0.803. The van der Waals surface area contributed by atoms with E-state index in [4.69, 9.17) is 10.5 Å². The lowest BCUT2D eigenvalue weighted by molar-refractivity contribution is 0.381. The Hall–Kier alpha value is -1.09. The molecule has 0 bridgehead atoms. The summed E-state index contributed by atoms with van der Waals surface area (Å²) in [6, 6.07) is 1.83. The number of hydrogen-bond acceptors (Lipinski definition) is 2. The molecule has 0 fully saturated rings. The van der Waals surface area contributed by atoms with Gasteiger partial charge in [0.15, 0.2) is 11.6 Å². The number of methoxy groups -OCH3 is 1. The summed E-state index contributed by atoms with van der Waals surface area (Å²) in [5.41, 5.74) is 7.99. The van der Waals surface area contributed by atoms with Crippen LogP contribution in [-0.4, -0.2) is 13.7 Å². The van der Waals surface area contributed by atoms with E-state index in [0.717, 1.165) is 17.5 Å². The zero-order valence-electron chi connectivity index (χ0n) is 8.86. The first-order valence-corrected chi connectivity index (χ1v) is 4.64. The lowest BCUT2D eigenvalue weighted by Crippen LogP contribution is -2.06. The van der Waals surface area contributed by atoms with Gasteiger partial charge in [0.25, 0.3) is 0 Å². The van der Waals surface area contributed by atoms with E-state index in [1.165, 1.54) is 7.11 Å². The molecule has 14 heavy (non-hydrogen) atoms. The van der Waals surface area contributed by atoms with Crippen LogP contribution in [0.2, 0.25) is 0 Å². The van der Waals surface area contributed by atoms with Gasteiger partial charge in [-0.2, -0.15) is 0 Å². The SMILES string of the molecule is COc1c(C)c(CCN)cc(C)c1F. The molecule has 1 aromatic rings. The van der Waals surface area contributed by atoms with E-state index in [0.29, 0.717) is 17.9 Å². The van der Waals surface area contributed by atoms with Crippen molar-refractivity contribution < 1.29 is 9.13 Å². The van der Waals surface area contributed by atoms with Crippen molar-refractivity contribution in [3.8, 4) is 5.75 Å². The first kappa shape index (κ1) is 11.0. The third-order valence-electron chi connectivity index (χ3n) is 2.38. The highest BCUT2D eigenvalue weighted by atomic mass is 19.1. The summed E-state index contributed by atoms with van der Waals surface area (Å²) in [5, 5.41) is 0. The molecule has 2 nitrogen and oxygen atoms in total. The highest BCUT2D eigenvalue weighted by molar-refractivity contribution is 5.44. The smallest absolute Gasteiger partial charge is 0.168 e. The van der Waals surface area contributed by atoms with Crippen molar-refractivity contribution in [2.45, 2.75) is 20.3 Å². The second-order valence-corrected chi connectivity index (χ2v) is 3.36. The maximum atomic E-state index is 13.5. The summed E-state index contributed by atoms with van der Waals surface area (Å²) in [4.78, 5) is 0. The summed E-state index contributed by atoms with van der Waals surface area (Å²) in [7, 11) is 1.48. The number of aryl methyl sites for hydroxylation is 1. The van der Waals surface area contributed by atoms with Gasteiger partial charge in [-0.15, -0.1) is 0 Å². The fourth-order valence-corrected chi connectivity index (χ4v) is 1.58. The Morgan fingerprint density at radius 2 is 2.07 bits per heavy atom. The normalized spacial score (nSPS) is 10.4. The summed E-state index contributed by atoms with van der Waals surface area (Å²) in [5.74, 6) is 0.0687. The molecule has 78 valence electrons. The Morgan fingerprint density at radius 1 is 1.43 bits per heavy atom. The van der Waals surface area contributed by atoms with Crippen LogP contribution in [0.4, 0.5) is 4.39 Å². The molecule has 0 aliphatic carbocycles. The van der Waals surface area contributed by atoms with Gasteiger partial charge in [0, 0.05) is 0 Å². The van der Waals surface area contributed by atoms with Crippen LogP contribution >= 0.6 is 0 Å². The van der Waals surface area contributed by atoms with Crippen LogP contribution in [0.1, 0.15) is 16.7 Å². The fraction of sp³-hybridized carbons (Fsp3) is 0.455. The van der Waals surface area contributed by atoms with Gasteiger partial charge in [-0.1, -0.05) is 6.07 Å². The average Bonchev–Trinajstić information content (AvgIpc) is 2.16. The summed E-state index contributed by atoms with van der Waals surface area (Å²) in [6.45, 7) is 4.15. The number of rotatable bonds is 3. The van der Waals surface area contributed by atoms with Gasteiger partial charge in [0.05, 0.1) is 7.11 Å². The zero-order chi connectivity index (χ0) is 10.7. The third kappa shape index (κ3) is 1.87. The first-order chi connectivity index (χ1) is 6.61. The average molecular weight is 197 g/mol. The molecule has 0 radical (unpaired) electrons. The van der Waals surface area contributed by atoms with Gasteiger partial charge in [0.1, 0.15) is 0 Å². The minimum absolute atomic E-state index is 0.272. The van der Waals surface area contributed by atoms with E-state index in [1.807, 2.05) is 13.0 Å². The highest BCUT2D eigenvalue weighted by Crippen LogP contribution is 2.28. The van der Waals surface area contributed by atoms with E-state index in [1.54, 1.807) is 6.92 Å².